The van der Waals surface area contributed by atoms with Gasteiger partial charge in [-0.25, -0.2) is 9.97 Å². The Morgan fingerprint density at radius 3 is 2.62 bits per heavy atom. The third-order valence-corrected chi connectivity index (χ3v) is 5.09. The molecule has 29 heavy (non-hydrogen) atoms. The fourth-order valence-corrected chi connectivity index (χ4v) is 3.57. The van der Waals surface area contributed by atoms with Gasteiger partial charge in [-0.2, -0.15) is 0 Å². The highest BCUT2D eigenvalue weighted by molar-refractivity contribution is 5.93. The number of aromatic nitrogens is 2. The molecule has 2 amide bonds. The number of amides is 2. The van der Waals surface area contributed by atoms with E-state index < -0.39 is 5.91 Å². The summed E-state index contributed by atoms with van der Waals surface area (Å²) in [5.41, 5.74) is 8.35. The van der Waals surface area contributed by atoms with Gasteiger partial charge in [0.1, 0.15) is 0 Å². The number of ether oxygens (including phenoxy) is 1. The van der Waals surface area contributed by atoms with E-state index in [0.717, 1.165) is 29.7 Å². The van der Waals surface area contributed by atoms with Crippen molar-refractivity contribution in [2.45, 2.75) is 25.3 Å². The minimum absolute atomic E-state index is 0.0643. The van der Waals surface area contributed by atoms with E-state index in [1.54, 1.807) is 25.4 Å². The van der Waals surface area contributed by atoms with Gasteiger partial charge in [-0.1, -0.05) is 12.1 Å². The van der Waals surface area contributed by atoms with Crippen LogP contribution in [-0.4, -0.2) is 61.0 Å². The lowest BCUT2D eigenvalue weighted by molar-refractivity contribution is -0.133. The van der Waals surface area contributed by atoms with Gasteiger partial charge in [-0.15, -0.1) is 0 Å². The highest BCUT2D eigenvalue weighted by Gasteiger charge is 2.33. The molecule has 3 rings (SSSR count). The molecule has 0 saturated carbocycles. The molecule has 2 heterocycles. The van der Waals surface area contributed by atoms with Gasteiger partial charge < -0.3 is 20.3 Å². The summed E-state index contributed by atoms with van der Waals surface area (Å²) in [5, 5.41) is 0. The van der Waals surface area contributed by atoms with Crippen molar-refractivity contribution in [1.29, 1.82) is 0 Å². The normalized spacial score (nSPS) is 16.1. The number of carbonyl (C=O) groups is 2. The van der Waals surface area contributed by atoms with Crippen molar-refractivity contribution < 1.29 is 14.3 Å². The Morgan fingerprint density at radius 2 is 2.00 bits per heavy atom. The van der Waals surface area contributed by atoms with Crippen LogP contribution in [0.4, 0.5) is 5.95 Å². The van der Waals surface area contributed by atoms with Crippen LogP contribution >= 0.6 is 0 Å². The van der Waals surface area contributed by atoms with Gasteiger partial charge in [0, 0.05) is 45.1 Å². The van der Waals surface area contributed by atoms with Crippen molar-refractivity contribution in [1.82, 2.24) is 14.9 Å². The summed E-state index contributed by atoms with van der Waals surface area (Å²) in [6.07, 6.45) is 3.90. The molecule has 8 heteroatoms. The van der Waals surface area contributed by atoms with Gasteiger partial charge >= 0.3 is 0 Å². The molecule has 0 radical (unpaired) electrons. The van der Waals surface area contributed by atoms with Crippen molar-refractivity contribution >= 4 is 17.8 Å². The first-order valence-electron chi connectivity index (χ1n) is 9.65. The van der Waals surface area contributed by atoms with Crippen LogP contribution in [0.1, 0.15) is 41.4 Å². The van der Waals surface area contributed by atoms with Gasteiger partial charge in [0.05, 0.1) is 24.8 Å². The van der Waals surface area contributed by atoms with Crippen molar-refractivity contribution in [3.05, 3.63) is 41.7 Å². The summed E-state index contributed by atoms with van der Waals surface area (Å²) in [6.45, 7) is 1.10. The van der Waals surface area contributed by atoms with Crippen LogP contribution in [-0.2, 0) is 9.53 Å². The van der Waals surface area contributed by atoms with E-state index in [2.05, 4.69) is 4.98 Å². The van der Waals surface area contributed by atoms with Crippen molar-refractivity contribution in [3.63, 3.8) is 0 Å². The molecule has 154 valence electrons. The fraction of sp³-hybridized carbons (Fsp3) is 0.429. The van der Waals surface area contributed by atoms with Gasteiger partial charge in [0.25, 0.3) is 0 Å². The zero-order chi connectivity index (χ0) is 21.0. The smallest absolute Gasteiger partial charge is 0.248 e. The molecule has 0 bridgehead atoms. The largest absolute Gasteiger partial charge is 0.384 e. The van der Waals surface area contributed by atoms with Crippen molar-refractivity contribution in [3.8, 4) is 11.1 Å². The molecule has 1 aromatic heterocycles. The Hall–Kier alpha value is -3.00. The number of rotatable bonds is 7. The molecule has 2 aromatic rings. The molecule has 0 spiro atoms. The predicted molar refractivity (Wildman–Crippen MR) is 110 cm³/mol. The van der Waals surface area contributed by atoms with Gasteiger partial charge in [-0.05, 0) is 30.5 Å². The third kappa shape index (κ3) is 4.54. The van der Waals surface area contributed by atoms with Gasteiger partial charge in [0.2, 0.25) is 17.8 Å². The van der Waals surface area contributed by atoms with E-state index in [9.17, 15) is 9.59 Å². The molecular weight excluding hydrogens is 370 g/mol. The first kappa shape index (κ1) is 20.7. The molecule has 0 aliphatic carbocycles. The quantitative estimate of drug-likeness (QED) is 0.767. The Kier molecular flexibility index (Phi) is 6.43. The average molecular weight is 397 g/mol. The number of anilines is 1. The topological polar surface area (TPSA) is 102 Å². The second-order valence-electron chi connectivity index (χ2n) is 7.29. The number of primary amides is 1. The molecule has 1 fully saturated rings. The molecule has 1 aromatic carbocycles. The van der Waals surface area contributed by atoms with Gasteiger partial charge in [-0.3, -0.25) is 9.59 Å². The number of nitrogens with zero attached hydrogens (tertiary/aromatic N) is 4. The first-order valence-corrected chi connectivity index (χ1v) is 9.65. The molecule has 8 nitrogen and oxygen atoms in total. The number of hydrogen-bond acceptors (Lipinski definition) is 6. The minimum atomic E-state index is -0.471. The Labute approximate surface area is 170 Å². The number of methoxy groups -OCH3 is 1. The van der Waals surface area contributed by atoms with E-state index in [1.807, 2.05) is 36.0 Å². The van der Waals surface area contributed by atoms with Gasteiger partial charge in [0.15, 0.2) is 0 Å². The maximum Gasteiger partial charge on any atom is 0.248 e. The van der Waals surface area contributed by atoms with E-state index >= 15 is 0 Å². The Bertz CT molecular complexity index is 882. The molecule has 1 saturated heterocycles. The predicted octanol–water partition coefficient (Wildman–Crippen LogP) is 2.01. The van der Waals surface area contributed by atoms with Crippen LogP contribution in [0.5, 0.6) is 0 Å². The van der Waals surface area contributed by atoms with Crippen molar-refractivity contribution in [2.75, 3.05) is 39.3 Å². The molecule has 1 aliphatic heterocycles. The zero-order valence-corrected chi connectivity index (χ0v) is 17.1. The minimum Gasteiger partial charge on any atom is -0.384 e. The summed E-state index contributed by atoms with van der Waals surface area (Å²) >= 11 is 0. The van der Waals surface area contributed by atoms with Crippen LogP contribution in [0.3, 0.4) is 0 Å². The third-order valence-electron chi connectivity index (χ3n) is 5.09. The number of benzene rings is 1. The van der Waals surface area contributed by atoms with E-state index in [-0.39, 0.29) is 11.9 Å². The standard InChI is InChI=1S/C21H27N5O3/c1-25(2)21-23-13-16(14-6-8-15(9-7-14)20(22)28)19(24-21)17-5-4-11-26(17)18(27)10-12-29-3/h6-9,13,17H,4-5,10-12H2,1-3H3,(H2,22,28). The maximum absolute atomic E-state index is 12.7. The molecular formula is C21H27N5O3. The van der Waals surface area contributed by atoms with Crippen LogP contribution in [0, 0.1) is 0 Å². The summed E-state index contributed by atoms with van der Waals surface area (Å²) in [4.78, 5) is 37.1. The molecule has 1 aliphatic rings. The summed E-state index contributed by atoms with van der Waals surface area (Å²) in [6, 6.07) is 6.94. The van der Waals surface area contributed by atoms with E-state index in [1.165, 1.54) is 0 Å². The van der Waals surface area contributed by atoms with Crippen LogP contribution in [0.2, 0.25) is 0 Å². The highest BCUT2D eigenvalue weighted by Crippen LogP contribution is 2.37. The van der Waals surface area contributed by atoms with Crippen molar-refractivity contribution in [2.24, 2.45) is 5.73 Å². The number of likely N-dealkylation sites (tertiary alicyclic amines) is 1. The first-order chi connectivity index (χ1) is 13.9. The SMILES string of the molecule is COCCC(=O)N1CCCC1c1nc(N(C)C)ncc1-c1ccc(C(N)=O)cc1. The number of nitrogens with two attached hydrogens (primary N) is 1. The Morgan fingerprint density at radius 1 is 1.28 bits per heavy atom. The number of carbonyl (C=O) groups excluding carboxylic acids is 2. The summed E-state index contributed by atoms with van der Waals surface area (Å²) in [7, 11) is 5.36. The lowest BCUT2D eigenvalue weighted by Gasteiger charge is -2.27. The second-order valence-corrected chi connectivity index (χ2v) is 7.29. The Balaban J connectivity index is 2.02. The average Bonchev–Trinajstić information content (AvgIpc) is 3.21. The van der Waals surface area contributed by atoms with E-state index in [4.69, 9.17) is 15.5 Å². The lowest BCUT2D eigenvalue weighted by Crippen LogP contribution is -2.32. The molecule has 2 N–H and O–H groups in total. The summed E-state index contributed by atoms with van der Waals surface area (Å²) < 4.78 is 5.07. The van der Waals surface area contributed by atoms with Crippen LogP contribution in [0.15, 0.2) is 30.5 Å². The second kappa shape index (κ2) is 9.00. The highest BCUT2D eigenvalue weighted by atomic mass is 16.5. The van der Waals surface area contributed by atoms with Crippen LogP contribution < -0.4 is 10.6 Å². The molecule has 1 unspecified atom stereocenters. The monoisotopic (exact) mass is 397 g/mol. The van der Waals surface area contributed by atoms with E-state index in [0.29, 0.717) is 31.1 Å². The maximum atomic E-state index is 12.7. The number of hydrogen-bond donors (Lipinski definition) is 1. The molecule has 1 atom stereocenters. The van der Waals surface area contributed by atoms with Crippen LogP contribution in [0.25, 0.3) is 11.1 Å². The lowest BCUT2D eigenvalue weighted by atomic mass is 9.98. The zero-order valence-electron chi connectivity index (χ0n) is 17.1. The summed E-state index contributed by atoms with van der Waals surface area (Å²) in [5.74, 6) is 0.185. The fourth-order valence-electron chi connectivity index (χ4n) is 3.57.